The van der Waals surface area contributed by atoms with E-state index in [2.05, 4.69) is 14.8 Å². The average Bonchev–Trinajstić information content (AvgIpc) is 2.28. The highest BCUT2D eigenvalue weighted by atomic mass is 16.5. The molecule has 1 amide bonds. The Labute approximate surface area is 88.9 Å². The molecular formula is C9H17NO5. The maximum absolute atomic E-state index is 10.3. The fourth-order valence-corrected chi connectivity index (χ4v) is 0.480. The van der Waals surface area contributed by atoms with E-state index in [0.717, 1.165) is 0 Å². The summed E-state index contributed by atoms with van der Waals surface area (Å²) < 4.78 is 8.56. The van der Waals surface area contributed by atoms with Crippen molar-refractivity contribution in [3.05, 3.63) is 0 Å². The molecule has 0 bridgehead atoms. The van der Waals surface area contributed by atoms with Gasteiger partial charge in [0, 0.05) is 13.0 Å². The summed E-state index contributed by atoms with van der Waals surface area (Å²) in [4.78, 5) is 29.9. The van der Waals surface area contributed by atoms with Gasteiger partial charge in [0.1, 0.15) is 0 Å². The zero-order chi connectivity index (χ0) is 12.1. The zero-order valence-corrected chi connectivity index (χ0v) is 9.24. The van der Waals surface area contributed by atoms with Crippen LogP contribution in [-0.2, 0) is 23.9 Å². The van der Waals surface area contributed by atoms with Crippen LogP contribution in [-0.4, -0.2) is 39.1 Å². The van der Waals surface area contributed by atoms with E-state index in [1.165, 1.54) is 14.2 Å². The number of methoxy groups -OCH3 is 2. The Bertz CT molecular complexity index is 187. The van der Waals surface area contributed by atoms with Gasteiger partial charge in [-0.15, -0.1) is 0 Å². The smallest absolute Gasteiger partial charge is 0.307 e. The number of rotatable bonds is 5. The summed E-state index contributed by atoms with van der Waals surface area (Å²) in [5.74, 6) is -0.473. The molecule has 0 saturated carbocycles. The monoisotopic (exact) mass is 219 g/mol. The Hall–Kier alpha value is -1.59. The van der Waals surface area contributed by atoms with Crippen LogP contribution in [0, 0.1) is 0 Å². The summed E-state index contributed by atoms with van der Waals surface area (Å²) in [7, 11) is 2.69. The van der Waals surface area contributed by atoms with Crippen LogP contribution < -0.4 is 5.32 Å². The minimum atomic E-state index is -0.315. The van der Waals surface area contributed by atoms with Gasteiger partial charge in [0.15, 0.2) is 0 Å². The molecule has 0 aromatic heterocycles. The van der Waals surface area contributed by atoms with E-state index in [1.807, 2.05) is 0 Å². The summed E-state index contributed by atoms with van der Waals surface area (Å²) in [5.41, 5.74) is 0. The van der Waals surface area contributed by atoms with E-state index in [4.69, 9.17) is 0 Å². The van der Waals surface area contributed by atoms with Crippen LogP contribution in [0.5, 0.6) is 0 Å². The quantitative estimate of drug-likeness (QED) is 0.395. The number of carbonyl (C=O) groups excluding carboxylic acids is 3. The number of hydrogen-bond acceptors (Lipinski definition) is 5. The third kappa shape index (κ3) is 15.2. The van der Waals surface area contributed by atoms with Crippen molar-refractivity contribution in [2.45, 2.75) is 19.8 Å². The number of esters is 2. The minimum Gasteiger partial charge on any atom is -0.469 e. The fraction of sp³-hybridized carbons (Fsp3) is 0.667. The van der Waals surface area contributed by atoms with Crippen molar-refractivity contribution in [2.75, 3.05) is 20.8 Å². The lowest BCUT2D eigenvalue weighted by atomic mass is 10.4. The van der Waals surface area contributed by atoms with E-state index in [0.29, 0.717) is 19.4 Å². The molecule has 0 rings (SSSR count). The van der Waals surface area contributed by atoms with E-state index < -0.39 is 0 Å². The molecule has 0 aromatic carbocycles. The van der Waals surface area contributed by atoms with Crippen LogP contribution in [0.1, 0.15) is 19.8 Å². The molecule has 0 fully saturated rings. The van der Waals surface area contributed by atoms with Gasteiger partial charge in [0.25, 0.3) is 0 Å². The second-order valence-electron chi connectivity index (χ2n) is 2.33. The summed E-state index contributed by atoms with van der Waals surface area (Å²) in [6.07, 6.45) is 1.24. The normalized spacial score (nSPS) is 7.93. The number of ether oxygens (including phenoxy) is 2. The van der Waals surface area contributed by atoms with Crippen LogP contribution >= 0.6 is 0 Å². The molecule has 0 spiro atoms. The van der Waals surface area contributed by atoms with Gasteiger partial charge in [0.2, 0.25) is 6.41 Å². The lowest BCUT2D eigenvalue weighted by Gasteiger charge is -1.95. The van der Waals surface area contributed by atoms with Crippen molar-refractivity contribution in [3.63, 3.8) is 0 Å². The van der Waals surface area contributed by atoms with Crippen LogP contribution in [0.15, 0.2) is 0 Å². The Morgan fingerprint density at radius 1 is 1.20 bits per heavy atom. The number of carbonyl (C=O) groups is 3. The molecule has 15 heavy (non-hydrogen) atoms. The maximum Gasteiger partial charge on any atom is 0.307 e. The largest absolute Gasteiger partial charge is 0.469 e. The highest BCUT2D eigenvalue weighted by Gasteiger charge is 1.95. The first-order chi connectivity index (χ1) is 7.12. The molecule has 6 heteroatoms. The molecule has 88 valence electrons. The summed E-state index contributed by atoms with van der Waals surface area (Å²) in [5, 5.41) is 2.33. The predicted molar refractivity (Wildman–Crippen MR) is 53.0 cm³/mol. The van der Waals surface area contributed by atoms with E-state index >= 15 is 0 Å². The van der Waals surface area contributed by atoms with Gasteiger partial charge in [-0.2, -0.15) is 0 Å². The maximum atomic E-state index is 10.3. The first kappa shape index (κ1) is 15.9. The van der Waals surface area contributed by atoms with Crippen molar-refractivity contribution >= 4 is 18.3 Å². The van der Waals surface area contributed by atoms with Gasteiger partial charge in [-0.3, -0.25) is 14.4 Å². The van der Waals surface area contributed by atoms with Gasteiger partial charge < -0.3 is 14.8 Å². The molecule has 0 aliphatic heterocycles. The molecule has 0 saturated heterocycles. The van der Waals surface area contributed by atoms with E-state index in [9.17, 15) is 14.4 Å². The van der Waals surface area contributed by atoms with Gasteiger partial charge in [-0.05, 0) is 0 Å². The molecule has 1 N–H and O–H groups in total. The first-order valence-corrected chi connectivity index (χ1v) is 4.43. The van der Waals surface area contributed by atoms with Crippen LogP contribution in [0.4, 0.5) is 0 Å². The minimum absolute atomic E-state index is 0.157. The molecule has 0 aliphatic carbocycles. The van der Waals surface area contributed by atoms with Gasteiger partial charge in [0.05, 0.1) is 20.6 Å². The van der Waals surface area contributed by atoms with Crippen molar-refractivity contribution in [1.82, 2.24) is 5.32 Å². The summed E-state index contributed by atoms with van der Waals surface area (Å²) >= 11 is 0. The highest BCUT2D eigenvalue weighted by Crippen LogP contribution is 1.78. The molecule has 6 nitrogen and oxygen atoms in total. The molecule has 0 atom stereocenters. The zero-order valence-electron chi connectivity index (χ0n) is 9.24. The van der Waals surface area contributed by atoms with Crippen LogP contribution in [0.2, 0.25) is 0 Å². The molecular weight excluding hydrogens is 202 g/mol. The molecule has 0 radical (unpaired) electrons. The molecule has 0 heterocycles. The Morgan fingerprint density at radius 2 is 1.73 bits per heavy atom. The molecule has 0 unspecified atom stereocenters. The first-order valence-electron chi connectivity index (χ1n) is 4.43. The number of hydrogen-bond donors (Lipinski definition) is 1. The average molecular weight is 219 g/mol. The Balaban J connectivity index is 0. The van der Waals surface area contributed by atoms with Gasteiger partial charge >= 0.3 is 11.9 Å². The van der Waals surface area contributed by atoms with Gasteiger partial charge in [-0.1, -0.05) is 6.92 Å². The lowest BCUT2D eigenvalue weighted by molar-refractivity contribution is -0.141. The van der Waals surface area contributed by atoms with Crippen molar-refractivity contribution < 1.29 is 23.9 Å². The lowest BCUT2D eigenvalue weighted by Crippen LogP contribution is -2.16. The van der Waals surface area contributed by atoms with Crippen molar-refractivity contribution in [2.24, 2.45) is 0 Å². The van der Waals surface area contributed by atoms with Crippen molar-refractivity contribution in [3.8, 4) is 0 Å². The standard InChI is InChI=1S/C5H9NO3.C4H8O2/c1-9-5(8)2-3-6-4-7;1-3-4(5)6-2/h4H,2-3H2,1H3,(H,6,7);3H2,1-2H3. The molecule has 0 aliphatic rings. The summed E-state index contributed by atoms with van der Waals surface area (Å²) in [6.45, 7) is 2.10. The Kier molecular flexibility index (Phi) is 13.1. The van der Waals surface area contributed by atoms with Crippen molar-refractivity contribution in [1.29, 1.82) is 0 Å². The topological polar surface area (TPSA) is 81.7 Å². The van der Waals surface area contributed by atoms with Gasteiger partial charge in [-0.25, -0.2) is 0 Å². The van der Waals surface area contributed by atoms with E-state index in [-0.39, 0.29) is 18.4 Å². The SMILES string of the molecule is CCC(=O)OC.COC(=O)CCNC=O. The second kappa shape index (κ2) is 12.4. The second-order valence-corrected chi connectivity index (χ2v) is 2.33. The summed E-state index contributed by atoms with van der Waals surface area (Å²) in [6, 6.07) is 0. The fourth-order valence-electron chi connectivity index (χ4n) is 0.480. The third-order valence-corrected chi connectivity index (χ3v) is 1.30. The van der Waals surface area contributed by atoms with E-state index in [1.54, 1.807) is 6.92 Å². The Morgan fingerprint density at radius 3 is 2.00 bits per heavy atom. The highest BCUT2D eigenvalue weighted by molar-refractivity contribution is 5.69. The van der Waals surface area contributed by atoms with Crippen LogP contribution in [0.25, 0.3) is 0 Å². The third-order valence-electron chi connectivity index (χ3n) is 1.30. The molecule has 0 aromatic rings. The predicted octanol–water partition coefficient (Wildman–Crippen LogP) is -0.135. The number of nitrogens with one attached hydrogen (secondary N) is 1. The van der Waals surface area contributed by atoms with Crippen LogP contribution in [0.3, 0.4) is 0 Å². The number of amides is 1.